The van der Waals surface area contributed by atoms with Crippen LogP contribution in [0.1, 0.15) is 17.2 Å². The zero-order valence-corrected chi connectivity index (χ0v) is 11.5. The van der Waals surface area contributed by atoms with Crippen molar-refractivity contribution in [3.8, 4) is 0 Å². The van der Waals surface area contributed by atoms with Gasteiger partial charge in [0.2, 0.25) is 0 Å². The maximum absolute atomic E-state index is 14.1. The molecule has 3 aromatic rings. The van der Waals surface area contributed by atoms with Crippen LogP contribution in [0.4, 0.5) is 8.78 Å². The van der Waals surface area contributed by atoms with Gasteiger partial charge in [-0.05, 0) is 30.8 Å². The number of rotatable bonds is 3. The lowest BCUT2D eigenvalue weighted by Gasteiger charge is -2.19. The van der Waals surface area contributed by atoms with E-state index in [0.29, 0.717) is 0 Å². The molecule has 0 aliphatic carbocycles. The molecular weight excluding hydrogens is 270 g/mol. The van der Waals surface area contributed by atoms with Gasteiger partial charge in [0.25, 0.3) is 0 Å². The van der Waals surface area contributed by atoms with E-state index in [-0.39, 0.29) is 5.56 Å². The van der Waals surface area contributed by atoms with Gasteiger partial charge in [-0.2, -0.15) is 0 Å². The Balaban J connectivity index is 2.21. The first-order valence-corrected chi connectivity index (χ1v) is 6.67. The quantitative estimate of drug-likeness (QED) is 0.791. The second-order valence-corrected chi connectivity index (χ2v) is 4.78. The average molecular weight is 284 g/mol. The smallest absolute Gasteiger partial charge is 0.163 e. The Bertz CT molecular complexity index is 781. The van der Waals surface area contributed by atoms with E-state index in [0.717, 1.165) is 22.5 Å². The Kier molecular flexibility index (Phi) is 3.62. The highest BCUT2D eigenvalue weighted by Gasteiger charge is 2.20. The molecule has 21 heavy (non-hydrogen) atoms. The molecule has 1 aromatic heterocycles. The van der Waals surface area contributed by atoms with Crippen molar-refractivity contribution in [2.45, 2.75) is 6.04 Å². The first-order valence-electron chi connectivity index (χ1n) is 6.67. The highest BCUT2D eigenvalue weighted by molar-refractivity contribution is 5.82. The van der Waals surface area contributed by atoms with Crippen LogP contribution in [0.25, 0.3) is 10.9 Å². The van der Waals surface area contributed by atoms with E-state index in [1.54, 1.807) is 19.3 Å². The van der Waals surface area contributed by atoms with E-state index >= 15 is 0 Å². The third-order valence-corrected chi connectivity index (χ3v) is 3.57. The Morgan fingerprint density at radius 1 is 0.952 bits per heavy atom. The Labute approximate surface area is 121 Å². The van der Waals surface area contributed by atoms with E-state index < -0.39 is 17.7 Å². The number of halogens is 2. The van der Waals surface area contributed by atoms with E-state index in [9.17, 15) is 8.78 Å². The molecule has 3 rings (SSSR count). The van der Waals surface area contributed by atoms with E-state index in [2.05, 4.69) is 10.3 Å². The molecule has 2 nitrogen and oxygen atoms in total. The van der Waals surface area contributed by atoms with Crippen LogP contribution in [0.15, 0.2) is 54.7 Å². The summed E-state index contributed by atoms with van der Waals surface area (Å²) in [6, 6.07) is 13.2. The third kappa shape index (κ3) is 2.38. The van der Waals surface area contributed by atoms with Crippen LogP contribution >= 0.6 is 0 Å². The molecule has 106 valence electrons. The van der Waals surface area contributed by atoms with Crippen molar-refractivity contribution in [1.29, 1.82) is 0 Å². The normalized spacial score (nSPS) is 12.5. The summed E-state index contributed by atoms with van der Waals surface area (Å²) in [5.41, 5.74) is 1.98. The minimum absolute atomic E-state index is 0.286. The van der Waals surface area contributed by atoms with Gasteiger partial charge in [-0.25, -0.2) is 8.78 Å². The number of pyridine rings is 1. The van der Waals surface area contributed by atoms with Crippen LogP contribution in [0, 0.1) is 11.6 Å². The molecular formula is C17H14F2N2. The molecule has 1 heterocycles. The molecule has 0 radical (unpaired) electrons. The zero-order valence-electron chi connectivity index (χ0n) is 11.5. The first kappa shape index (κ1) is 13.6. The third-order valence-electron chi connectivity index (χ3n) is 3.57. The Hall–Kier alpha value is -2.33. The van der Waals surface area contributed by atoms with Crippen molar-refractivity contribution in [3.05, 3.63) is 77.5 Å². The van der Waals surface area contributed by atoms with Crippen LogP contribution in [0.3, 0.4) is 0 Å². The molecule has 0 fully saturated rings. The molecule has 1 N–H and O–H groups in total. The van der Waals surface area contributed by atoms with Crippen molar-refractivity contribution in [3.63, 3.8) is 0 Å². The summed E-state index contributed by atoms with van der Waals surface area (Å²) in [7, 11) is 1.73. The van der Waals surface area contributed by atoms with Crippen LogP contribution in [0.5, 0.6) is 0 Å². The SMILES string of the molecule is CNC(c1cccc(F)c1F)c1ccnc2ccccc12. The summed E-state index contributed by atoms with van der Waals surface area (Å²) in [6.07, 6.45) is 1.68. The van der Waals surface area contributed by atoms with E-state index in [1.165, 1.54) is 6.07 Å². The highest BCUT2D eigenvalue weighted by atomic mass is 19.2. The maximum atomic E-state index is 14.1. The maximum Gasteiger partial charge on any atom is 0.163 e. The van der Waals surface area contributed by atoms with Crippen molar-refractivity contribution in [1.82, 2.24) is 10.3 Å². The second-order valence-electron chi connectivity index (χ2n) is 4.78. The van der Waals surface area contributed by atoms with Gasteiger partial charge in [-0.3, -0.25) is 4.98 Å². The van der Waals surface area contributed by atoms with Gasteiger partial charge >= 0.3 is 0 Å². The fourth-order valence-electron chi connectivity index (χ4n) is 2.59. The van der Waals surface area contributed by atoms with Crippen LogP contribution in [-0.2, 0) is 0 Å². The van der Waals surface area contributed by atoms with Crippen molar-refractivity contribution in [2.75, 3.05) is 7.05 Å². The lowest BCUT2D eigenvalue weighted by molar-refractivity contribution is 0.487. The summed E-state index contributed by atoms with van der Waals surface area (Å²) in [5.74, 6) is -1.66. The average Bonchev–Trinajstić information content (AvgIpc) is 2.52. The van der Waals surface area contributed by atoms with Gasteiger partial charge in [0, 0.05) is 17.1 Å². The Morgan fingerprint density at radius 2 is 1.76 bits per heavy atom. The molecule has 0 aliphatic rings. The lowest BCUT2D eigenvalue weighted by Crippen LogP contribution is -2.20. The summed E-state index contributed by atoms with van der Waals surface area (Å²) in [4.78, 5) is 4.30. The summed E-state index contributed by atoms with van der Waals surface area (Å²) in [5, 5.41) is 3.98. The second kappa shape index (κ2) is 5.58. The summed E-state index contributed by atoms with van der Waals surface area (Å²) < 4.78 is 27.6. The van der Waals surface area contributed by atoms with Crippen molar-refractivity contribution >= 4 is 10.9 Å². The predicted molar refractivity (Wildman–Crippen MR) is 79.0 cm³/mol. The zero-order chi connectivity index (χ0) is 14.8. The van der Waals surface area contributed by atoms with Crippen LogP contribution < -0.4 is 5.32 Å². The largest absolute Gasteiger partial charge is 0.309 e. The van der Waals surface area contributed by atoms with E-state index in [4.69, 9.17) is 0 Å². The number of aromatic nitrogens is 1. The number of hydrogen-bond donors (Lipinski definition) is 1. The fraction of sp³-hybridized carbons (Fsp3) is 0.118. The molecule has 1 unspecified atom stereocenters. The molecule has 0 aliphatic heterocycles. The number of nitrogens with zero attached hydrogens (tertiary/aromatic N) is 1. The molecule has 1 atom stereocenters. The minimum Gasteiger partial charge on any atom is -0.309 e. The topological polar surface area (TPSA) is 24.9 Å². The lowest BCUT2D eigenvalue weighted by atomic mass is 9.95. The molecule has 4 heteroatoms. The van der Waals surface area contributed by atoms with Gasteiger partial charge in [0.1, 0.15) is 0 Å². The molecule has 2 aromatic carbocycles. The first-order chi connectivity index (χ1) is 10.2. The standard InChI is InChI=1S/C17H14F2N2/c1-20-17(13-6-4-7-14(18)16(13)19)12-9-10-21-15-8-3-2-5-11(12)15/h2-10,17,20H,1H3. The number of nitrogens with one attached hydrogen (secondary N) is 1. The van der Waals surface area contributed by atoms with Gasteiger partial charge in [-0.15, -0.1) is 0 Å². The number of benzene rings is 2. The summed E-state index contributed by atoms with van der Waals surface area (Å²) in [6.45, 7) is 0. The minimum atomic E-state index is -0.842. The number of fused-ring (bicyclic) bond motifs is 1. The summed E-state index contributed by atoms with van der Waals surface area (Å²) >= 11 is 0. The molecule has 0 bridgehead atoms. The van der Waals surface area contributed by atoms with Crippen molar-refractivity contribution in [2.24, 2.45) is 0 Å². The fourth-order valence-corrected chi connectivity index (χ4v) is 2.59. The van der Waals surface area contributed by atoms with Gasteiger partial charge in [0.15, 0.2) is 11.6 Å². The van der Waals surface area contributed by atoms with Crippen molar-refractivity contribution < 1.29 is 8.78 Å². The molecule has 0 spiro atoms. The van der Waals surface area contributed by atoms with Crippen LogP contribution in [0.2, 0.25) is 0 Å². The van der Waals surface area contributed by atoms with E-state index in [1.807, 2.05) is 30.3 Å². The monoisotopic (exact) mass is 284 g/mol. The molecule has 0 saturated heterocycles. The van der Waals surface area contributed by atoms with Gasteiger partial charge in [-0.1, -0.05) is 30.3 Å². The molecule has 0 saturated carbocycles. The molecule has 0 amide bonds. The Morgan fingerprint density at radius 3 is 2.57 bits per heavy atom. The predicted octanol–water partition coefficient (Wildman–Crippen LogP) is 3.82. The highest BCUT2D eigenvalue weighted by Crippen LogP contribution is 2.29. The van der Waals surface area contributed by atoms with Gasteiger partial charge < -0.3 is 5.32 Å². The number of para-hydroxylation sites is 1. The van der Waals surface area contributed by atoms with Crippen LogP contribution in [-0.4, -0.2) is 12.0 Å². The number of hydrogen-bond acceptors (Lipinski definition) is 2. The van der Waals surface area contributed by atoms with Gasteiger partial charge in [0.05, 0.1) is 11.6 Å².